The summed E-state index contributed by atoms with van der Waals surface area (Å²) >= 11 is 0. The Kier molecular flexibility index (Phi) is 5.36. The van der Waals surface area contributed by atoms with Crippen LogP contribution in [0.2, 0.25) is 0 Å². The molecule has 0 bridgehead atoms. The number of likely N-dealkylation sites (N-methyl/N-ethyl adjacent to an activating group) is 2. The molecule has 1 aromatic heterocycles. The molecule has 124 valence electrons. The van der Waals surface area contributed by atoms with Gasteiger partial charge in [0.25, 0.3) is 5.91 Å². The van der Waals surface area contributed by atoms with Gasteiger partial charge in [0.2, 0.25) is 5.91 Å². The van der Waals surface area contributed by atoms with Crippen LogP contribution in [0, 0.1) is 5.92 Å². The first-order valence-corrected chi connectivity index (χ1v) is 7.93. The van der Waals surface area contributed by atoms with Gasteiger partial charge < -0.3 is 10.2 Å². The van der Waals surface area contributed by atoms with Crippen molar-refractivity contribution < 1.29 is 9.59 Å². The molecule has 0 aliphatic rings. The van der Waals surface area contributed by atoms with E-state index in [1.165, 1.54) is 4.90 Å². The second-order valence-electron chi connectivity index (χ2n) is 6.02. The highest BCUT2D eigenvalue weighted by Gasteiger charge is 2.18. The van der Waals surface area contributed by atoms with Crippen LogP contribution in [0.1, 0.15) is 36.8 Å². The van der Waals surface area contributed by atoms with Gasteiger partial charge in [-0.25, -0.2) is 0 Å². The molecule has 2 amide bonds. The Labute approximate surface area is 136 Å². The minimum atomic E-state index is -0.176. The van der Waals surface area contributed by atoms with Gasteiger partial charge in [-0.3, -0.25) is 14.7 Å². The number of hydrogen-bond donors (Lipinski definition) is 2. The van der Waals surface area contributed by atoms with Crippen LogP contribution in [0.3, 0.4) is 0 Å². The Morgan fingerprint density at radius 3 is 2.70 bits per heavy atom. The zero-order chi connectivity index (χ0) is 17.0. The van der Waals surface area contributed by atoms with E-state index in [9.17, 15) is 9.59 Å². The van der Waals surface area contributed by atoms with E-state index in [-0.39, 0.29) is 18.4 Å². The molecule has 23 heavy (non-hydrogen) atoms. The van der Waals surface area contributed by atoms with Crippen LogP contribution in [-0.2, 0) is 11.2 Å². The number of amides is 2. The molecular formula is C17H24N4O2. The third-order valence-electron chi connectivity index (χ3n) is 3.77. The third kappa shape index (κ3) is 3.88. The molecule has 2 N–H and O–H groups in total. The topological polar surface area (TPSA) is 78.1 Å². The highest BCUT2D eigenvalue weighted by atomic mass is 16.2. The largest absolute Gasteiger partial charge is 0.358 e. The highest BCUT2D eigenvalue weighted by Crippen LogP contribution is 2.21. The Hall–Kier alpha value is -2.37. The summed E-state index contributed by atoms with van der Waals surface area (Å²) in [7, 11) is 1.57. The fourth-order valence-electron chi connectivity index (χ4n) is 2.52. The lowest BCUT2D eigenvalue weighted by atomic mass is 10.0. The maximum atomic E-state index is 12.6. The number of H-pyrrole nitrogens is 1. The Morgan fingerprint density at radius 2 is 2.09 bits per heavy atom. The standard InChI is InChI=1S/C17H24N4O2/c1-5-21(10-16(22)18-4)17(23)12-6-7-14-13(9-12)15(20-19-14)8-11(2)3/h6-7,9,11H,5,8,10H2,1-4H3,(H,18,22)(H,19,20). The predicted octanol–water partition coefficient (Wildman–Crippen LogP) is 1.97. The van der Waals surface area contributed by atoms with Crippen LogP contribution in [0.15, 0.2) is 18.2 Å². The zero-order valence-corrected chi connectivity index (χ0v) is 14.1. The zero-order valence-electron chi connectivity index (χ0n) is 14.1. The van der Waals surface area contributed by atoms with Crippen molar-refractivity contribution in [3.05, 3.63) is 29.5 Å². The van der Waals surface area contributed by atoms with E-state index in [1.54, 1.807) is 13.1 Å². The number of fused-ring (bicyclic) bond motifs is 1. The van der Waals surface area contributed by atoms with Crippen molar-refractivity contribution in [3.8, 4) is 0 Å². The van der Waals surface area contributed by atoms with E-state index in [1.807, 2.05) is 19.1 Å². The smallest absolute Gasteiger partial charge is 0.254 e. The van der Waals surface area contributed by atoms with Crippen molar-refractivity contribution in [2.45, 2.75) is 27.2 Å². The van der Waals surface area contributed by atoms with E-state index in [0.29, 0.717) is 18.0 Å². The molecule has 2 rings (SSSR count). The molecule has 0 radical (unpaired) electrons. The lowest BCUT2D eigenvalue weighted by molar-refractivity contribution is -0.121. The first kappa shape index (κ1) is 17.0. The number of rotatable bonds is 6. The number of aromatic amines is 1. The number of benzene rings is 1. The summed E-state index contributed by atoms with van der Waals surface area (Å²) in [5.41, 5.74) is 2.47. The minimum Gasteiger partial charge on any atom is -0.358 e. The number of nitrogens with zero attached hydrogens (tertiary/aromatic N) is 2. The van der Waals surface area contributed by atoms with Gasteiger partial charge in [0.15, 0.2) is 0 Å². The second-order valence-corrected chi connectivity index (χ2v) is 6.02. The van der Waals surface area contributed by atoms with Crippen molar-refractivity contribution in [3.63, 3.8) is 0 Å². The molecule has 6 heteroatoms. The summed E-state index contributed by atoms with van der Waals surface area (Å²) in [6, 6.07) is 5.47. The summed E-state index contributed by atoms with van der Waals surface area (Å²) < 4.78 is 0. The van der Waals surface area contributed by atoms with E-state index in [4.69, 9.17) is 0 Å². The van der Waals surface area contributed by atoms with Crippen molar-refractivity contribution in [1.82, 2.24) is 20.4 Å². The Bertz CT molecular complexity index is 706. The maximum Gasteiger partial charge on any atom is 0.254 e. The molecule has 1 aromatic carbocycles. The maximum absolute atomic E-state index is 12.6. The summed E-state index contributed by atoms with van der Waals surface area (Å²) in [6.45, 7) is 6.69. The molecule has 0 saturated heterocycles. The average molecular weight is 316 g/mol. The van der Waals surface area contributed by atoms with E-state index < -0.39 is 0 Å². The van der Waals surface area contributed by atoms with Gasteiger partial charge in [-0.05, 0) is 37.5 Å². The monoisotopic (exact) mass is 316 g/mol. The number of aromatic nitrogens is 2. The molecule has 0 unspecified atom stereocenters. The summed E-state index contributed by atoms with van der Waals surface area (Å²) in [5.74, 6) is 0.179. The molecule has 1 heterocycles. The van der Waals surface area contributed by atoms with Gasteiger partial charge >= 0.3 is 0 Å². The number of carbonyl (C=O) groups is 2. The molecule has 0 aliphatic carbocycles. The van der Waals surface area contributed by atoms with Gasteiger partial charge in [0, 0.05) is 30.2 Å². The normalized spacial score (nSPS) is 11.0. The summed E-state index contributed by atoms with van der Waals surface area (Å²) in [6.07, 6.45) is 0.879. The van der Waals surface area contributed by atoms with Crippen LogP contribution >= 0.6 is 0 Å². The predicted molar refractivity (Wildman–Crippen MR) is 90.3 cm³/mol. The van der Waals surface area contributed by atoms with Crippen molar-refractivity contribution in [2.75, 3.05) is 20.1 Å². The fourth-order valence-corrected chi connectivity index (χ4v) is 2.52. The molecular weight excluding hydrogens is 292 g/mol. The third-order valence-corrected chi connectivity index (χ3v) is 3.77. The first-order chi connectivity index (χ1) is 11.0. The van der Waals surface area contributed by atoms with E-state index >= 15 is 0 Å². The molecule has 0 saturated carbocycles. The van der Waals surface area contributed by atoms with Gasteiger partial charge in [-0.15, -0.1) is 0 Å². The van der Waals surface area contributed by atoms with Crippen LogP contribution < -0.4 is 5.32 Å². The second kappa shape index (κ2) is 7.26. The molecule has 2 aromatic rings. The summed E-state index contributed by atoms with van der Waals surface area (Å²) in [4.78, 5) is 25.7. The molecule has 0 atom stereocenters. The van der Waals surface area contributed by atoms with Crippen molar-refractivity contribution in [2.24, 2.45) is 5.92 Å². The van der Waals surface area contributed by atoms with E-state index in [0.717, 1.165) is 23.0 Å². The minimum absolute atomic E-state index is 0.0636. The van der Waals surface area contributed by atoms with E-state index in [2.05, 4.69) is 29.4 Å². The van der Waals surface area contributed by atoms with Crippen LogP contribution in [0.5, 0.6) is 0 Å². The lowest BCUT2D eigenvalue weighted by Gasteiger charge is -2.20. The average Bonchev–Trinajstić information content (AvgIpc) is 2.93. The Balaban J connectivity index is 2.31. The number of carbonyl (C=O) groups excluding carboxylic acids is 2. The van der Waals surface area contributed by atoms with Crippen LogP contribution in [0.25, 0.3) is 10.9 Å². The quantitative estimate of drug-likeness (QED) is 0.855. The van der Waals surface area contributed by atoms with Crippen LogP contribution in [0.4, 0.5) is 0 Å². The molecule has 6 nitrogen and oxygen atoms in total. The highest BCUT2D eigenvalue weighted by molar-refractivity contribution is 5.99. The SMILES string of the molecule is CCN(CC(=O)NC)C(=O)c1ccc2n[nH]c(CC(C)C)c2c1. The summed E-state index contributed by atoms with van der Waals surface area (Å²) in [5, 5.41) is 10.9. The van der Waals surface area contributed by atoms with Gasteiger partial charge in [0.05, 0.1) is 12.1 Å². The van der Waals surface area contributed by atoms with Crippen LogP contribution in [-0.4, -0.2) is 47.0 Å². The number of hydrogen-bond acceptors (Lipinski definition) is 3. The first-order valence-electron chi connectivity index (χ1n) is 7.93. The fraction of sp³-hybridized carbons (Fsp3) is 0.471. The molecule has 0 fully saturated rings. The number of nitrogens with one attached hydrogen (secondary N) is 2. The van der Waals surface area contributed by atoms with Crippen molar-refractivity contribution >= 4 is 22.7 Å². The van der Waals surface area contributed by atoms with Gasteiger partial charge in [-0.1, -0.05) is 13.8 Å². The Morgan fingerprint density at radius 1 is 1.35 bits per heavy atom. The van der Waals surface area contributed by atoms with Gasteiger partial charge in [-0.2, -0.15) is 5.10 Å². The lowest BCUT2D eigenvalue weighted by Crippen LogP contribution is -2.39. The van der Waals surface area contributed by atoms with Crippen molar-refractivity contribution in [1.29, 1.82) is 0 Å². The van der Waals surface area contributed by atoms with Gasteiger partial charge in [0.1, 0.15) is 0 Å². The molecule has 0 spiro atoms. The molecule has 0 aliphatic heterocycles.